The van der Waals surface area contributed by atoms with E-state index in [-0.39, 0.29) is 29.3 Å². The number of esters is 1. The van der Waals surface area contributed by atoms with Crippen LogP contribution in [0.2, 0.25) is 0 Å². The third-order valence-corrected chi connectivity index (χ3v) is 4.82. The van der Waals surface area contributed by atoms with Crippen LogP contribution >= 0.6 is 0 Å². The molecule has 3 atom stereocenters. The Labute approximate surface area is 152 Å². The van der Waals surface area contributed by atoms with E-state index in [2.05, 4.69) is 39.7 Å². The van der Waals surface area contributed by atoms with Crippen LogP contribution in [0.15, 0.2) is 48.1 Å². The van der Waals surface area contributed by atoms with Gasteiger partial charge in [-0.25, -0.2) is 0 Å². The van der Waals surface area contributed by atoms with E-state index < -0.39 is 0 Å². The average molecular weight is 336 g/mol. The van der Waals surface area contributed by atoms with Crippen molar-refractivity contribution in [2.24, 2.45) is 17.3 Å². The zero-order valence-corrected chi connectivity index (χ0v) is 15.7. The molecule has 0 aliphatic heterocycles. The molecule has 0 N–H and O–H groups in total. The first-order chi connectivity index (χ1) is 11.9. The molecule has 1 fully saturated rings. The van der Waals surface area contributed by atoms with Gasteiger partial charge in [0.15, 0.2) is 0 Å². The molecule has 1 aliphatic rings. The fraction of sp³-hybridized carbons (Fsp3) is 0.435. The monoisotopic (exact) mass is 336 g/mol. The Hall–Kier alpha value is -2.27. The Morgan fingerprint density at radius 3 is 2.60 bits per heavy atom. The molecule has 0 aromatic heterocycles. The van der Waals surface area contributed by atoms with Crippen molar-refractivity contribution in [3.63, 3.8) is 0 Å². The maximum absolute atomic E-state index is 12.7. The molecule has 1 aliphatic carbocycles. The zero-order chi connectivity index (χ0) is 18.4. The van der Waals surface area contributed by atoms with E-state index in [4.69, 9.17) is 11.2 Å². The Kier molecular flexibility index (Phi) is 6.26. The maximum Gasteiger partial charge on any atom is 0.310 e. The van der Waals surface area contributed by atoms with Gasteiger partial charge in [0.2, 0.25) is 0 Å². The van der Waals surface area contributed by atoms with Crippen molar-refractivity contribution < 1.29 is 9.53 Å². The number of carbonyl (C=O) groups is 1. The zero-order valence-electron chi connectivity index (χ0n) is 15.7. The lowest BCUT2D eigenvalue weighted by molar-refractivity contribution is -0.149. The number of hydrogen-bond donors (Lipinski definition) is 0. The van der Waals surface area contributed by atoms with Gasteiger partial charge in [-0.3, -0.25) is 4.79 Å². The van der Waals surface area contributed by atoms with Crippen LogP contribution in [0.25, 0.3) is 6.08 Å². The van der Waals surface area contributed by atoms with Crippen molar-refractivity contribution in [2.45, 2.75) is 46.6 Å². The van der Waals surface area contributed by atoms with E-state index in [0.717, 1.165) is 5.56 Å². The summed E-state index contributed by atoms with van der Waals surface area (Å²) < 4.78 is 5.80. The van der Waals surface area contributed by atoms with Crippen LogP contribution in [-0.2, 0) is 9.53 Å². The second-order valence-corrected chi connectivity index (χ2v) is 7.56. The van der Waals surface area contributed by atoms with Crippen molar-refractivity contribution >= 4 is 12.0 Å². The van der Waals surface area contributed by atoms with Gasteiger partial charge < -0.3 is 4.74 Å². The summed E-state index contributed by atoms with van der Waals surface area (Å²) in [6.45, 7) is 8.38. The second kappa shape index (κ2) is 8.21. The molecule has 3 unspecified atom stereocenters. The van der Waals surface area contributed by atoms with Gasteiger partial charge in [-0.05, 0) is 43.2 Å². The highest BCUT2D eigenvalue weighted by atomic mass is 16.5. The average Bonchev–Trinajstić information content (AvgIpc) is 3.10. The topological polar surface area (TPSA) is 26.3 Å². The highest BCUT2D eigenvalue weighted by Gasteiger charge is 2.61. The number of terminal acetylenes is 1. The van der Waals surface area contributed by atoms with E-state index in [1.807, 2.05) is 42.5 Å². The Bertz CT molecular complexity index is 685. The van der Waals surface area contributed by atoms with E-state index in [9.17, 15) is 4.79 Å². The molecule has 25 heavy (non-hydrogen) atoms. The molecule has 132 valence electrons. The summed E-state index contributed by atoms with van der Waals surface area (Å²) in [5, 5.41) is 0. The quantitative estimate of drug-likeness (QED) is 0.385. The SMILES string of the molecule is C#CCCC(/C=C/c1ccccc1)OC(=O)C1C(C=C(C)C)C1(C)C. The number of hydrogen-bond acceptors (Lipinski definition) is 2. The Balaban J connectivity index is 2.04. The van der Waals surface area contributed by atoms with Crippen molar-refractivity contribution in [1.82, 2.24) is 0 Å². The molecule has 2 nitrogen and oxygen atoms in total. The summed E-state index contributed by atoms with van der Waals surface area (Å²) in [4.78, 5) is 12.7. The number of benzene rings is 1. The molecule has 0 bridgehead atoms. The second-order valence-electron chi connectivity index (χ2n) is 7.56. The van der Waals surface area contributed by atoms with Gasteiger partial charge in [-0.2, -0.15) is 0 Å². The van der Waals surface area contributed by atoms with Crippen LogP contribution in [-0.4, -0.2) is 12.1 Å². The molecule has 2 heteroatoms. The molecule has 1 aromatic carbocycles. The van der Waals surface area contributed by atoms with Gasteiger partial charge in [-0.15, -0.1) is 12.3 Å². The normalized spacial score (nSPS) is 22.0. The van der Waals surface area contributed by atoms with Gasteiger partial charge in [0.25, 0.3) is 0 Å². The molecular weight excluding hydrogens is 308 g/mol. The third kappa shape index (κ3) is 5.10. The standard InChI is InChI=1S/C23H28O2/c1-6-7-13-19(15-14-18-11-9-8-10-12-18)25-22(24)21-20(16-17(2)3)23(21,4)5/h1,8-12,14-16,19-21H,7,13H2,2-5H3/b15-14+. The highest BCUT2D eigenvalue weighted by molar-refractivity contribution is 5.78. The predicted octanol–water partition coefficient (Wildman–Crippen LogP) is 5.26. The summed E-state index contributed by atoms with van der Waals surface area (Å²) in [5.74, 6) is 2.70. The van der Waals surface area contributed by atoms with E-state index >= 15 is 0 Å². The van der Waals surface area contributed by atoms with E-state index in [1.54, 1.807) is 0 Å². The van der Waals surface area contributed by atoms with Crippen molar-refractivity contribution in [3.05, 3.63) is 53.6 Å². The first-order valence-electron chi connectivity index (χ1n) is 8.88. The molecule has 1 aromatic rings. The third-order valence-electron chi connectivity index (χ3n) is 4.82. The van der Waals surface area contributed by atoms with E-state index in [0.29, 0.717) is 12.8 Å². The molecule has 2 rings (SSSR count). The van der Waals surface area contributed by atoms with Crippen molar-refractivity contribution in [3.8, 4) is 12.3 Å². The number of carbonyl (C=O) groups excluding carboxylic acids is 1. The molecule has 0 amide bonds. The summed E-state index contributed by atoms with van der Waals surface area (Å²) in [7, 11) is 0. The summed E-state index contributed by atoms with van der Waals surface area (Å²) in [6.07, 6.45) is 12.4. The largest absolute Gasteiger partial charge is 0.458 e. The van der Waals surface area contributed by atoms with Gasteiger partial charge in [-0.1, -0.05) is 61.9 Å². The lowest BCUT2D eigenvalue weighted by atomic mass is 10.1. The number of allylic oxidation sites excluding steroid dienone is 2. The summed E-state index contributed by atoms with van der Waals surface area (Å²) in [6, 6.07) is 9.99. The van der Waals surface area contributed by atoms with Crippen LogP contribution in [0.4, 0.5) is 0 Å². The highest BCUT2D eigenvalue weighted by Crippen LogP contribution is 2.59. The lowest BCUT2D eigenvalue weighted by Gasteiger charge is -2.14. The van der Waals surface area contributed by atoms with Crippen LogP contribution in [0.1, 0.15) is 46.1 Å². The van der Waals surface area contributed by atoms with Gasteiger partial charge >= 0.3 is 5.97 Å². The van der Waals surface area contributed by atoms with Crippen molar-refractivity contribution in [2.75, 3.05) is 0 Å². The number of ether oxygens (including phenoxy) is 1. The molecule has 0 heterocycles. The van der Waals surface area contributed by atoms with Crippen LogP contribution in [0, 0.1) is 29.6 Å². The minimum Gasteiger partial charge on any atom is -0.458 e. The van der Waals surface area contributed by atoms with Crippen LogP contribution in [0.3, 0.4) is 0 Å². The first kappa shape index (κ1) is 19.1. The fourth-order valence-corrected chi connectivity index (χ4v) is 3.22. The van der Waals surface area contributed by atoms with Crippen LogP contribution in [0.5, 0.6) is 0 Å². The first-order valence-corrected chi connectivity index (χ1v) is 8.88. The Morgan fingerprint density at radius 1 is 1.32 bits per heavy atom. The smallest absolute Gasteiger partial charge is 0.310 e. The Morgan fingerprint density at radius 2 is 2.00 bits per heavy atom. The molecule has 0 saturated heterocycles. The summed E-state index contributed by atoms with van der Waals surface area (Å²) in [5.41, 5.74) is 2.29. The van der Waals surface area contributed by atoms with Crippen LogP contribution < -0.4 is 0 Å². The minimum absolute atomic E-state index is 0.0336. The lowest BCUT2D eigenvalue weighted by Crippen LogP contribution is -2.19. The molecule has 0 radical (unpaired) electrons. The molecular formula is C23H28O2. The summed E-state index contributed by atoms with van der Waals surface area (Å²) >= 11 is 0. The molecule has 0 spiro atoms. The van der Waals surface area contributed by atoms with Gasteiger partial charge in [0, 0.05) is 6.42 Å². The van der Waals surface area contributed by atoms with E-state index in [1.165, 1.54) is 5.57 Å². The molecule has 1 saturated carbocycles. The minimum atomic E-state index is -0.285. The maximum atomic E-state index is 12.7. The fourth-order valence-electron chi connectivity index (χ4n) is 3.22. The van der Waals surface area contributed by atoms with Gasteiger partial charge in [0.1, 0.15) is 6.10 Å². The van der Waals surface area contributed by atoms with Gasteiger partial charge in [0.05, 0.1) is 5.92 Å². The van der Waals surface area contributed by atoms with Crippen molar-refractivity contribution in [1.29, 1.82) is 0 Å². The predicted molar refractivity (Wildman–Crippen MR) is 104 cm³/mol. The number of rotatable bonds is 7.